The maximum atomic E-state index is 12.5. The van der Waals surface area contributed by atoms with E-state index >= 15 is 0 Å². The number of likely N-dealkylation sites (tertiary alicyclic amines) is 1. The summed E-state index contributed by atoms with van der Waals surface area (Å²) in [5.41, 5.74) is 7.96. The molecule has 4 rings (SSSR count). The number of hydrogen-bond acceptors (Lipinski definition) is 6. The van der Waals surface area contributed by atoms with Crippen LogP contribution < -0.4 is 11.1 Å². The molecule has 1 aromatic carbocycles. The number of hydrogen-bond donors (Lipinski definition) is 2. The van der Waals surface area contributed by atoms with Crippen LogP contribution in [-0.2, 0) is 17.8 Å². The second kappa shape index (κ2) is 9.59. The van der Waals surface area contributed by atoms with Gasteiger partial charge in [0.25, 0.3) is 0 Å². The van der Waals surface area contributed by atoms with Crippen LogP contribution in [0.4, 0.5) is 16.6 Å². The number of ether oxygens (including phenoxy) is 1. The third kappa shape index (κ3) is 5.58. The number of primary amides is 1. The number of anilines is 2. The van der Waals surface area contributed by atoms with E-state index in [1.807, 2.05) is 51.4 Å². The molecule has 1 fully saturated rings. The van der Waals surface area contributed by atoms with Crippen molar-refractivity contribution in [2.45, 2.75) is 66.2 Å². The van der Waals surface area contributed by atoms with E-state index < -0.39 is 11.5 Å². The second-order valence-electron chi connectivity index (χ2n) is 10.1. The Morgan fingerprint density at radius 3 is 2.54 bits per heavy atom. The summed E-state index contributed by atoms with van der Waals surface area (Å²) in [4.78, 5) is 30.8. The summed E-state index contributed by atoms with van der Waals surface area (Å²) in [6.07, 6.45) is 1.47. The first-order valence-corrected chi connectivity index (χ1v) is 12.1. The van der Waals surface area contributed by atoms with Crippen molar-refractivity contribution in [3.8, 4) is 0 Å². The van der Waals surface area contributed by atoms with E-state index in [0.29, 0.717) is 36.0 Å². The predicted molar refractivity (Wildman–Crippen MR) is 135 cm³/mol. The van der Waals surface area contributed by atoms with Gasteiger partial charge < -0.3 is 25.3 Å². The molecule has 1 aliphatic heterocycles. The molecule has 3 heterocycles. The summed E-state index contributed by atoms with van der Waals surface area (Å²) in [6.45, 7) is 12.4. The molecule has 10 heteroatoms. The van der Waals surface area contributed by atoms with Gasteiger partial charge in [0.05, 0.1) is 16.7 Å². The Kier molecular flexibility index (Phi) is 6.73. The van der Waals surface area contributed by atoms with Crippen LogP contribution in [0.25, 0.3) is 11.0 Å². The first-order chi connectivity index (χ1) is 16.5. The van der Waals surface area contributed by atoms with Crippen LogP contribution in [0.2, 0.25) is 0 Å². The second-order valence-corrected chi connectivity index (χ2v) is 10.1. The normalized spacial score (nSPS) is 14.9. The number of aromatic nitrogens is 4. The van der Waals surface area contributed by atoms with Gasteiger partial charge in [0, 0.05) is 37.8 Å². The molecule has 0 spiro atoms. The largest absolute Gasteiger partial charge is 0.444 e. The zero-order valence-corrected chi connectivity index (χ0v) is 21.2. The number of aryl methyl sites for hydroxylation is 2. The zero-order chi connectivity index (χ0) is 25.3. The number of benzene rings is 1. The van der Waals surface area contributed by atoms with Crippen molar-refractivity contribution < 1.29 is 14.3 Å². The van der Waals surface area contributed by atoms with Crippen molar-refractivity contribution in [2.75, 3.05) is 18.4 Å². The smallest absolute Gasteiger partial charge is 0.410 e. The van der Waals surface area contributed by atoms with Gasteiger partial charge in [-0.3, -0.25) is 4.79 Å². The van der Waals surface area contributed by atoms with Crippen LogP contribution in [0, 0.1) is 12.8 Å². The molecular formula is C25H35N7O3. The number of nitrogens with zero attached hydrogens (tertiary/aromatic N) is 5. The van der Waals surface area contributed by atoms with Crippen molar-refractivity contribution in [3.63, 3.8) is 0 Å². The quantitative estimate of drug-likeness (QED) is 0.548. The molecule has 0 bridgehead atoms. The zero-order valence-electron chi connectivity index (χ0n) is 21.2. The Bertz CT molecular complexity index is 1230. The highest BCUT2D eigenvalue weighted by Gasteiger charge is 2.28. The van der Waals surface area contributed by atoms with E-state index in [0.717, 1.165) is 43.0 Å². The van der Waals surface area contributed by atoms with Gasteiger partial charge in [-0.15, -0.1) is 0 Å². The lowest BCUT2D eigenvalue weighted by Gasteiger charge is -2.33. The third-order valence-corrected chi connectivity index (χ3v) is 6.18. The van der Waals surface area contributed by atoms with Crippen LogP contribution in [-0.4, -0.2) is 54.9 Å². The fourth-order valence-corrected chi connectivity index (χ4v) is 4.45. The summed E-state index contributed by atoms with van der Waals surface area (Å²) in [5, 5.41) is 7.96. The average Bonchev–Trinajstić information content (AvgIpc) is 3.31. The summed E-state index contributed by atoms with van der Waals surface area (Å²) >= 11 is 0. The minimum atomic E-state index is -0.503. The van der Waals surface area contributed by atoms with E-state index in [4.69, 9.17) is 15.5 Å². The number of nitrogens with one attached hydrogen (secondary N) is 1. The fraction of sp³-hybridized carbons (Fsp3) is 0.520. The van der Waals surface area contributed by atoms with E-state index in [1.165, 1.54) is 0 Å². The molecule has 3 N–H and O–H groups in total. The molecule has 0 radical (unpaired) electrons. The molecule has 2 amide bonds. The van der Waals surface area contributed by atoms with E-state index in [2.05, 4.69) is 15.0 Å². The van der Waals surface area contributed by atoms with Crippen molar-refractivity contribution in [1.29, 1.82) is 0 Å². The molecule has 0 saturated carbocycles. The number of carbonyl (C=O) groups is 2. The minimum Gasteiger partial charge on any atom is -0.444 e. The van der Waals surface area contributed by atoms with Crippen LogP contribution in [0.1, 0.15) is 56.6 Å². The van der Waals surface area contributed by atoms with Gasteiger partial charge in [-0.05, 0) is 71.6 Å². The van der Waals surface area contributed by atoms with Crippen LogP contribution in [0.3, 0.4) is 0 Å². The van der Waals surface area contributed by atoms with Gasteiger partial charge in [-0.25, -0.2) is 14.5 Å². The Hall–Kier alpha value is -3.56. The Balaban J connectivity index is 1.58. The van der Waals surface area contributed by atoms with E-state index in [-0.39, 0.29) is 6.09 Å². The Morgan fingerprint density at radius 1 is 1.20 bits per heavy atom. The topological polar surface area (TPSA) is 120 Å². The summed E-state index contributed by atoms with van der Waals surface area (Å²) < 4.78 is 9.58. The Morgan fingerprint density at radius 2 is 1.91 bits per heavy atom. The highest BCUT2D eigenvalue weighted by Crippen LogP contribution is 2.29. The molecule has 1 aliphatic rings. The number of rotatable bonds is 6. The lowest BCUT2D eigenvalue weighted by Crippen LogP contribution is -2.42. The first-order valence-electron chi connectivity index (χ1n) is 12.1. The van der Waals surface area contributed by atoms with E-state index in [9.17, 15) is 9.59 Å². The van der Waals surface area contributed by atoms with Gasteiger partial charge in [-0.1, -0.05) is 0 Å². The van der Waals surface area contributed by atoms with Crippen LogP contribution in [0.5, 0.6) is 0 Å². The van der Waals surface area contributed by atoms with Crippen LogP contribution >= 0.6 is 0 Å². The SMILES string of the molecule is CCn1nc(C)cc1Nc1nc2cc(C(N)=O)ccc2n1CC1CCN(C(=O)OC(C)(C)C)CC1. The number of imidazole rings is 1. The van der Waals surface area contributed by atoms with E-state index in [1.54, 1.807) is 17.0 Å². The molecule has 35 heavy (non-hydrogen) atoms. The average molecular weight is 482 g/mol. The summed E-state index contributed by atoms with van der Waals surface area (Å²) in [5.74, 6) is 1.42. The molecule has 188 valence electrons. The predicted octanol–water partition coefficient (Wildman–Crippen LogP) is 4.05. The van der Waals surface area contributed by atoms with Crippen LogP contribution in [0.15, 0.2) is 24.3 Å². The highest BCUT2D eigenvalue weighted by atomic mass is 16.6. The number of nitrogens with two attached hydrogens (primary N) is 1. The maximum Gasteiger partial charge on any atom is 0.410 e. The minimum absolute atomic E-state index is 0.256. The number of fused-ring (bicyclic) bond motifs is 1. The monoisotopic (exact) mass is 481 g/mol. The van der Waals surface area contributed by atoms with Crippen molar-refractivity contribution in [2.24, 2.45) is 11.7 Å². The lowest BCUT2D eigenvalue weighted by molar-refractivity contribution is 0.0178. The molecule has 10 nitrogen and oxygen atoms in total. The fourth-order valence-electron chi connectivity index (χ4n) is 4.45. The first kappa shape index (κ1) is 24.6. The van der Waals surface area contributed by atoms with Gasteiger partial charge >= 0.3 is 6.09 Å². The Labute approximate surface area is 205 Å². The molecule has 0 unspecified atom stereocenters. The molecular weight excluding hydrogens is 446 g/mol. The van der Waals surface area contributed by atoms with Gasteiger partial charge in [-0.2, -0.15) is 5.10 Å². The van der Waals surface area contributed by atoms with Crippen molar-refractivity contribution in [1.82, 2.24) is 24.2 Å². The molecule has 0 aliphatic carbocycles. The van der Waals surface area contributed by atoms with Crippen molar-refractivity contribution >= 4 is 34.8 Å². The number of amides is 2. The van der Waals surface area contributed by atoms with Gasteiger partial charge in [0.2, 0.25) is 11.9 Å². The lowest BCUT2D eigenvalue weighted by atomic mass is 9.97. The number of carbonyl (C=O) groups excluding carboxylic acids is 2. The third-order valence-electron chi connectivity index (χ3n) is 6.18. The molecule has 3 aromatic rings. The molecule has 1 saturated heterocycles. The standard InChI is InChI=1S/C25H35N7O3/c1-6-32-21(13-16(2)29-32)28-23-27-19-14-18(22(26)33)7-8-20(19)31(23)15-17-9-11-30(12-10-17)24(34)35-25(3,4)5/h7-8,13-14,17H,6,9-12,15H2,1-5H3,(H2,26,33)(H,27,28). The summed E-state index contributed by atoms with van der Waals surface area (Å²) in [7, 11) is 0. The van der Waals surface area contributed by atoms with Crippen molar-refractivity contribution in [3.05, 3.63) is 35.5 Å². The van der Waals surface area contributed by atoms with Gasteiger partial charge in [0.1, 0.15) is 11.4 Å². The van der Waals surface area contributed by atoms with Gasteiger partial charge in [0.15, 0.2) is 0 Å². The summed E-state index contributed by atoms with van der Waals surface area (Å²) in [6, 6.07) is 7.35. The highest BCUT2D eigenvalue weighted by molar-refractivity contribution is 5.96. The molecule has 0 atom stereocenters. The maximum absolute atomic E-state index is 12.5. The number of piperidine rings is 1. The molecule has 2 aromatic heterocycles.